The number of amides is 1. The lowest BCUT2D eigenvalue weighted by Crippen LogP contribution is -2.46. The van der Waals surface area contributed by atoms with Gasteiger partial charge < -0.3 is 15.2 Å². The molecule has 0 spiro atoms. The van der Waals surface area contributed by atoms with Gasteiger partial charge in [-0.2, -0.15) is 0 Å². The zero-order valence-corrected chi connectivity index (χ0v) is 14.9. The van der Waals surface area contributed by atoms with Crippen LogP contribution in [0.5, 0.6) is 0 Å². The van der Waals surface area contributed by atoms with Crippen LogP contribution < -0.4 is 5.32 Å². The largest absolute Gasteiger partial charge is 0.480 e. The van der Waals surface area contributed by atoms with E-state index in [4.69, 9.17) is 4.74 Å². The molecular weight excluding hydrogens is 342 g/mol. The minimum atomic E-state index is -1.04. The van der Waals surface area contributed by atoms with Crippen LogP contribution in [0.4, 0.5) is 0 Å². The van der Waals surface area contributed by atoms with E-state index in [1.165, 1.54) is 0 Å². The first kappa shape index (κ1) is 17.5. The fraction of sp³-hybridized carbons (Fsp3) is 0.273. The molecule has 0 aliphatic carbocycles. The molecule has 5 nitrogen and oxygen atoms in total. The highest BCUT2D eigenvalue weighted by atomic mass is 16.5. The predicted molar refractivity (Wildman–Crippen MR) is 104 cm³/mol. The zero-order chi connectivity index (χ0) is 18.8. The van der Waals surface area contributed by atoms with Gasteiger partial charge in [0.2, 0.25) is 5.91 Å². The maximum atomic E-state index is 12.4. The molecule has 5 heteroatoms. The Morgan fingerprint density at radius 3 is 2.26 bits per heavy atom. The first-order chi connectivity index (χ1) is 13.1. The fourth-order valence-electron chi connectivity index (χ4n) is 3.78. The first-order valence-electron chi connectivity index (χ1n) is 9.17. The number of ether oxygens (including phenoxy) is 1. The summed E-state index contributed by atoms with van der Waals surface area (Å²) in [4.78, 5) is 24.2. The SMILES string of the molecule is O=C(O)[C@H](Cc1c2ccccc2cc2ccccc12)NC(=O)[C@@H]1CCCO1. The second kappa shape index (κ2) is 7.37. The van der Waals surface area contributed by atoms with Crippen molar-refractivity contribution in [1.29, 1.82) is 0 Å². The molecule has 1 aliphatic heterocycles. The Morgan fingerprint density at radius 2 is 1.70 bits per heavy atom. The quantitative estimate of drug-likeness (QED) is 0.682. The third-order valence-corrected chi connectivity index (χ3v) is 5.13. The van der Waals surface area contributed by atoms with Gasteiger partial charge in [-0.25, -0.2) is 4.79 Å². The molecule has 27 heavy (non-hydrogen) atoms. The Balaban J connectivity index is 1.72. The number of rotatable bonds is 5. The molecule has 2 atom stereocenters. The van der Waals surface area contributed by atoms with E-state index in [0.29, 0.717) is 13.0 Å². The Morgan fingerprint density at radius 1 is 1.07 bits per heavy atom. The lowest BCUT2D eigenvalue weighted by Gasteiger charge is -2.19. The normalized spacial score (nSPS) is 17.9. The van der Waals surface area contributed by atoms with E-state index in [0.717, 1.165) is 33.5 Å². The van der Waals surface area contributed by atoms with Crippen molar-refractivity contribution in [2.24, 2.45) is 0 Å². The maximum absolute atomic E-state index is 12.4. The molecule has 4 rings (SSSR count). The molecule has 3 aromatic carbocycles. The molecular formula is C22H21NO4. The number of carboxylic acids is 1. The second-order valence-electron chi connectivity index (χ2n) is 6.90. The summed E-state index contributed by atoms with van der Waals surface area (Å²) in [6, 6.07) is 17.0. The van der Waals surface area contributed by atoms with Gasteiger partial charge in [0.1, 0.15) is 12.1 Å². The molecule has 1 fully saturated rings. The molecule has 0 aromatic heterocycles. The summed E-state index contributed by atoms with van der Waals surface area (Å²) < 4.78 is 5.38. The summed E-state index contributed by atoms with van der Waals surface area (Å²) in [5.74, 6) is -1.39. The van der Waals surface area contributed by atoms with Crippen molar-refractivity contribution in [3.63, 3.8) is 0 Å². The van der Waals surface area contributed by atoms with E-state index in [1.807, 2.05) is 48.5 Å². The number of benzene rings is 3. The number of hydrogen-bond donors (Lipinski definition) is 2. The highest BCUT2D eigenvalue weighted by Gasteiger charge is 2.29. The van der Waals surface area contributed by atoms with Crippen molar-refractivity contribution in [2.75, 3.05) is 6.61 Å². The minimum Gasteiger partial charge on any atom is -0.480 e. The zero-order valence-electron chi connectivity index (χ0n) is 14.9. The van der Waals surface area contributed by atoms with Gasteiger partial charge in [-0.05, 0) is 46.0 Å². The smallest absolute Gasteiger partial charge is 0.326 e. The Hall–Kier alpha value is -2.92. The first-order valence-corrected chi connectivity index (χ1v) is 9.17. The van der Waals surface area contributed by atoms with Crippen molar-refractivity contribution in [3.8, 4) is 0 Å². The highest BCUT2D eigenvalue weighted by molar-refractivity contribution is 6.02. The van der Waals surface area contributed by atoms with Gasteiger partial charge in [-0.15, -0.1) is 0 Å². The number of fused-ring (bicyclic) bond motifs is 2. The van der Waals surface area contributed by atoms with Crippen molar-refractivity contribution in [3.05, 3.63) is 60.2 Å². The molecule has 0 saturated carbocycles. The van der Waals surface area contributed by atoms with Crippen LogP contribution in [-0.2, 0) is 20.7 Å². The van der Waals surface area contributed by atoms with Crippen molar-refractivity contribution < 1.29 is 19.4 Å². The van der Waals surface area contributed by atoms with Gasteiger partial charge in [-0.1, -0.05) is 48.5 Å². The topological polar surface area (TPSA) is 75.6 Å². The number of carboxylic acid groups (broad SMARTS) is 1. The number of carbonyl (C=O) groups excluding carboxylic acids is 1. The molecule has 3 aromatic rings. The molecule has 1 saturated heterocycles. The summed E-state index contributed by atoms with van der Waals surface area (Å²) in [6.07, 6.45) is 1.13. The van der Waals surface area contributed by atoms with Gasteiger partial charge in [0, 0.05) is 13.0 Å². The van der Waals surface area contributed by atoms with E-state index in [-0.39, 0.29) is 12.3 Å². The number of aliphatic carboxylic acids is 1. The molecule has 138 valence electrons. The Kier molecular flexibility index (Phi) is 4.77. The number of carbonyl (C=O) groups is 2. The minimum absolute atomic E-state index is 0.218. The van der Waals surface area contributed by atoms with Gasteiger partial charge in [0.05, 0.1) is 0 Å². The molecule has 1 aliphatic rings. The van der Waals surface area contributed by atoms with E-state index < -0.39 is 18.1 Å². The summed E-state index contributed by atoms with van der Waals surface area (Å²) in [7, 11) is 0. The summed E-state index contributed by atoms with van der Waals surface area (Å²) in [5, 5.41) is 16.5. The van der Waals surface area contributed by atoms with Crippen LogP contribution in [0, 0.1) is 0 Å². The lowest BCUT2D eigenvalue weighted by atomic mass is 9.92. The van der Waals surface area contributed by atoms with Gasteiger partial charge >= 0.3 is 5.97 Å². The molecule has 1 heterocycles. The van der Waals surface area contributed by atoms with Crippen LogP contribution in [0.15, 0.2) is 54.6 Å². The van der Waals surface area contributed by atoms with Crippen LogP contribution in [0.1, 0.15) is 18.4 Å². The van der Waals surface area contributed by atoms with Crippen molar-refractivity contribution >= 4 is 33.4 Å². The third-order valence-electron chi connectivity index (χ3n) is 5.13. The van der Waals surface area contributed by atoms with Crippen LogP contribution in [0.3, 0.4) is 0 Å². The monoisotopic (exact) mass is 363 g/mol. The van der Waals surface area contributed by atoms with Crippen LogP contribution in [-0.4, -0.2) is 35.7 Å². The average Bonchev–Trinajstić information content (AvgIpc) is 3.21. The Labute approximate surface area is 156 Å². The van der Waals surface area contributed by atoms with Gasteiger partial charge in [-0.3, -0.25) is 4.79 Å². The van der Waals surface area contributed by atoms with Crippen LogP contribution in [0.2, 0.25) is 0 Å². The maximum Gasteiger partial charge on any atom is 0.326 e. The van der Waals surface area contributed by atoms with E-state index in [1.54, 1.807) is 0 Å². The average molecular weight is 363 g/mol. The molecule has 0 radical (unpaired) electrons. The molecule has 2 N–H and O–H groups in total. The van der Waals surface area contributed by atoms with E-state index >= 15 is 0 Å². The Bertz CT molecular complexity index is 954. The molecule has 0 bridgehead atoms. The molecule has 1 amide bonds. The second-order valence-corrected chi connectivity index (χ2v) is 6.90. The molecule has 0 unspecified atom stereocenters. The van der Waals surface area contributed by atoms with Crippen molar-refractivity contribution in [1.82, 2.24) is 5.32 Å². The van der Waals surface area contributed by atoms with Gasteiger partial charge in [0.15, 0.2) is 0 Å². The number of hydrogen-bond acceptors (Lipinski definition) is 3. The number of nitrogens with one attached hydrogen (secondary N) is 1. The standard InChI is InChI=1S/C22H21NO4/c24-21(20-10-5-11-27-20)23-19(22(25)26)13-18-16-8-3-1-6-14(16)12-15-7-2-4-9-17(15)18/h1-4,6-9,12,19-20H,5,10-11,13H2,(H,23,24)(H,25,26)/t19-,20-/m0/s1. The third kappa shape index (κ3) is 3.51. The fourth-order valence-corrected chi connectivity index (χ4v) is 3.78. The van der Waals surface area contributed by atoms with Crippen LogP contribution >= 0.6 is 0 Å². The van der Waals surface area contributed by atoms with Gasteiger partial charge in [0.25, 0.3) is 0 Å². The lowest BCUT2D eigenvalue weighted by molar-refractivity contribution is -0.143. The summed E-state index contributed by atoms with van der Waals surface area (Å²) in [5.41, 5.74) is 0.934. The summed E-state index contributed by atoms with van der Waals surface area (Å²) in [6.45, 7) is 0.545. The predicted octanol–water partition coefficient (Wildman–Crippen LogP) is 3.28. The van der Waals surface area contributed by atoms with Crippen molar-refractivity contribution in [2.45, 2.75) is 31.4 Å². The van der Waals surface area contributed by atoms with Crippen LogP contribution in [0.25, 0.3) is 21.5 Å². The summed E-state index contributed by atoms with van der Waals surface area (Å²) >= 11 is 0. The highest BCUT2D eigenvalue weighted by Crippen LogP contribution is 2.29. The van der Waals surface area contributed by atoms with E-state index in [9.17, 15) is 14.7 Å². The van der Waals surface area contributed by atoms with E-state index in [2.05, 4.69) is 11.4 Å².